The molecule has 2 aliphatic heterocycles. The van der Waals surface area contributed by atoms with Crippen molar-refractivity contribution in [3.63, 3.8) is 0 Å². The fraction of sp³-hybridized carbons (Fsp3) is 0.524. The number of benzene rings is 1. The van der Waals surface area contributed by atoms with E-state index in [1.165, 1.54) is 25.7 Å². The van der Waals surface area contributed by atoms with Gasteiger partial charge in [0.1, 0.15) is 11.6 Å². The molecule has 1 amide bonds. The van der Waals surface area contributed by atoms with Crippen molar-refractivity contribution in [1.29, 1.82) is 0 Å². The standard InChI is InChI=1S/C21H28N4O2/c1-27-17-8-6-7-16(13-17)21-22-18-9-12-25(14-19(18)23-21)20(26)15-24-10-4-2-3-5-11-24/h6-8,13H,2-5,9-12,14-15H2,1H3,(H,22,23). The maximum absolute atomic E-state index is 12.8. The number of fused-ring (bicyclic) bond motifs is 1. The summed E-state index contributed by atoms with van der Waals surface area (Å²) in [6, 6.07) is 7.89. The number of likely N-dealkylation sites (tertiary alicyclic amines) is 1. The van der Waals surface area contributed by atoms with Crippen molar-refractivity contribution in [2.45, 2.75) is 38.6 Å². The molecule has 6 nitrogen and oxygen atoms in total. The average molecular weight is 368 g/mol. The van der Waals surface area contributed by atoms with Gasteiger partial charge in [0.15, 0.2) is 0 Å². The van der Waals surface area contributed by atoms with Crippen LogP contribution >= 0.6 is 0 Å². The number of ether oxygens (including phenoxy) is 1. The first-order valence-electron chi connectivity index (χ1n) is 9.95. The first-order valence-corrected chi connectivity index (χ1v) is 9.95. The lowest BCUT2D eigenvalue weighted by Crippen LogP contribution is -2.43. The number of carbonyl (C=O) groups excluding carboxylic acids is 1. The van der Waals surface area contributed by atoms with Crippen LogP contribution in [-0.4, -0.2) is 59.0 Å². The molecule has 1 saturated heterocycles. The second kappa shape index (κ2) is 8.13. The van der Waals surface area contributed by atoms with E-state index in [9.17, 15) is 4.79 Å². The zero-order chi connectivity index (χ0) is 18.6. The molecule has 3 heterocycles. The number of nitrogens with zero attached hydrogens (tertiary/aromatic N) is 3. The third-order valence-electron chi connectivity index (χ3n) is 5.59. The Kier molecular flexibility index (Phi) is 5.43. The topological polar surface area (TPSA) is 61.5 Å². The summed E-state index contributed by atoms with van der Waals surface area (Å²) in [5, 5.41) is 0. The van der Waals surface area contributed by atoms with Gasteiger partial charge in [-0.15, -0.1) is 0 Å². The van der Waals surface area contributed by atoms with Crippen LogP contribution in [0.25, 0.3) is 11.4 Å². The number of carbonyl (C=O) groups is 1. The van der Waals surface area contributed by atoms with Crippen molar-refractivity contribution < 1.29 is 9.53 Å². The van der Waals surface area contributed by atoms with Gasteiger partial charge < -0.3 is 14.6 Å². The minimum atomic E-state index is 0.236. The summed E-state index contributed by atoms with van der Waals surface area (Å²) >= 11 is 0. The van der Waals surface area contributed by atoms with Crippen molar-refractivity contribution in [2.24, 2.45) is 0 Å². The largest absolute Gasteiger partial charge is 0.497 e. The zero-order valence-corrected chi connectivity index (χ0v) is 16.0. The highest BCUT2D eigenvalue weighted by atomic mass is 16.5. The van der Waals surface area contributed by atoms with Gasteiger partial charge >= 0.3 is 0 Å². The minimum absolute atomic E-state index is 0.236. The number of nitrogens with one attached hydrogen (secondary N) is 1. The molecule has 0 aliphatic carbocycles. The van der Waals surface area contributed by atoms with Crippen LogP contribution in [0.1, 0.15) is 37.1 Å². The van der Waals surface area contributed by atoms with Gasteiger partial charge in [0.2, 0.25) is 5.91 Å². The fourth-order valence-electron chi connectivity index (χ4n) is 4.00. The summed E-state index contributed by atoms with van der Waals surface area (Å²) in [4.78, 5) is 25.3. The summed E-state index contributed by atoms with van der Waals surface area (Å²) in [7, 11) is 1.67. The number of aromatic nitrogens is 2. The minimum Gasteiger partial charge on any atom is -0.497 e. The third-order valence-corrected chi connectivity index (χ3v) is 5.59. The maximum atomic E-state index is 12.8. The average Bonchev–Trinajstić information content (AvgIpc) is 2.97. The Morgan fingerprint density at radius 1 is 1.19 bits per heavy atom. The lowest BCUT2D eigenvalue weighted by Gasteiger charge is -2.29. The van der Waals surface area contributed by atoms with Crippen LogP contribution in [0.2, 0.25) is 0 Å². The highest BCUT2D eigenvalue weighted by molar-refractivity contribution is 5.78. The van der Waals surface area contributed by atoms with E-state index >= 15 is 0 Å². The molecule has 144 valence electrons. The van der Waals surface area contributed by atoms with E-state index in [2.05, 4.69) is 9.88 Å². The first-order chi connectivity index (χ1) is 13.2. The second-order valence-electron chi connectivity index (χ2n) is 7.50. The number of amides is 1. The van der Waals surface area contributed by atoms with Crippen molar-refractivity contribution >= 4 is 5.91 Å². The number of hydrogen-bond acceptors (Lipinski definition) is 4. The highest BCUT2D eigenvalue weighted by Crippen LogP contribution is 2.25. The molecule has 0 atom stereocenters. The fourth-order valence-corrected chi connectivity index (χ4v) is 4.00. The molecule has 1 N–H and O–H groups in total. The number of imidazole rings is 1. The number of hydrogen-bond donors (Lipinski definition) is 1. The molecule has 1 aromatic heterocycles. The maximum Gasteiger partial charge on any atom is 0.237 e. The molecular formula is C21H28N4O2. The molecule has 2 aliphatic rings. The molecule has 6 heteroatoms. The van der Waals surface area contributed by atoms with Crippen LogP contribution in [0, 0.1) is 0 Å². The van der Waals surface area contributed by atoms with Crippen molar-refractivity contribution in [2.75, 3.05) is 33.3 Å². The molecule has 0 unspecified atom stereocenters. The van der Waals surface area contributed by atoms with Crippen molar-refractivity contribution in [3.05, 3.63) is 35.7 Å². The number of methoxy groups -OCH3 is 1. The van der Waals surface area contributed by atoms with E-state index in [-0.39, 0.29) is 5.91 Å². The molecular weight excluding hydrogens is 340 g/mol. The molecule has 27 heavy (non-hydrogen) atoms. The molecule has 0 saturated carbocycles. The monoisotopic (exact) mass is 368 g/mol. The second-order valence-corrected chi connectivity index (χ2v) is 7.50. The lowest BCUT2D eigenvalue weighted by atomic mass is 10.1. The van der Waals surface area contributed by atoms with Crippen molar-refractivity contribution in [1.82, 2.24) is 19.8 Å². The van der Waals surface area contributed by atoms with Gasteiger partial charge in [-0.2, -0.15) is 0 Å². The Bertz CT molecular complexity index is 793. The predicted octanol–water partition coefficient (Wildman–Crippen LogP) is 2.85. The molecule has 0 spiro atoms. The Labute approximate surface area is 160 Å². The van der Waals surface area contributed by atoms with Crippen molar-refractivity contribution in [3.8, 4) is 17.1 Å². The Hall–Kier alpha value is -2.34. The van der Waals surface area contributed by atoms with E-state index in [0.29, 0.717) is 13.1 Å². The van der Waals surface area contributed by atoms with E-state index in [4.69, 9.17) is 9.72 Å². The Balaban J connectivity index is 1.43. The SMILES string of the molecule is COc1cccc(-c2nc3c([nH]2)CN(C(=O)CN2CCCCCC2)CC3)c1. The predicted molar refractivity (Wildman–Crippen MR) is 105 cm³/mol. The summed E-state index contributed by atoms with van der Waals surface area (Å²) in [6.07, 6.45) is 5.81. The third kappa shape index (κ3) is 4.16. The van der Waals surface area contributed by atoms with Gasteiger partial charge in [-0.1, -0.05) is 25.0 Å². The number of H-pyrrole nitrogens is 1. The molecule has 0 bridgehead atoms. The molecule has 2 aromatic rings. The Morgan fingerprint density at radius 3 is 2.78 bits per heavy atom. The van der Waals surface area contributed by atoms with E-state index < -0.39 is 0 Å². The molecule has 0 radical (unpaired) electrons. The summed E-state index contributed by atoms with van der Waals surface area (Å²) in [5.74, 6) is 1.90. The molecule has 1 fully saturated rings. The smallest absolute Gasteiger partial charge is 0.237 e. The van der Waals surface area contributed by atoms with Crippen LogP contribution in [0.15, 0.2) is 24.3 Å². The summed E-state index contributed by atoms with van der Waals surface area (Å²) in [6.45, 7) is 4.02. The quantitative estimate of drug-likeness (QED) is 0.901. The Morgan fingerprint density at radius 2 is 2.00 bits per heavy atom. The van der Waals surface area contributed by atoms with Gasteiger partial charge in [-0.25, -0.2) is 4.98 Å². The van der Waals surface area contributed by atoms with Crippen LogP contribution in [0.3, 0.4) is 0 Å². The lowest BCUT2D eigenvalue weighted by molar-refractivity contribution is -0.133. The zero-order valence-electron chi connectivity index (χ0n) is 16.0. The van der Waals surface area contributed by atoms with Crippen LogP contribution in [0.5, 0.6) is 5.75 Å². The van der Waals surface area contributed by atoms with E-state index in [1.54, 1.807) is 7.11 Å². The van der Waals surface area contributed by atoms with E-state index in [0.717, 1.165) is 54.6 Å². The number of aromatic amines is 1. The van der Waals surface area contributed by atoms with Gasteiger partial charge in [0, 0.05) is 18.5 Å². The van der Waals surface area contributed by atoms with Crippen LogP contribution < -0.4 is 4.74 Å². The van der Waals surface area contributed by atoms with Crippen LogP contribution in [0.4, 0.5) is 0 Å². The van der Waals surface area contributed by atoms with Gasteiger partial charge in [0.05, 0.1) is 31.6 Å². The molecule has 1 aromatic carbocycles. The van der Waals surface area contributed by atoms with Gasteiger partial charge in [0.25, 0.3) is 0 Å². The normalized spacial score (nSPS) is 18.0. The van der Waals surface area contributed by atoms with Gasteiger partial charge in [-0.05, 0) is 38.1 Å². The van der Waals surface area contributed by atoms with Crippen LogP contribution in [-0.2, 0) is 17.8 Å². The van der Waals surface area contributed by atoms with E-state index in [1.807, 2.05) is 29.2 Å². The first kappa shape index (κ1) is 18.0. The highest BCUT2D eigenvalue weighted by Gasteiger charge is 2.25. The molecule has 4 rings (SSSR count). The van der Waals surface area contributed by atoms with Gasteiger partial charge in [-0.3, -0.25) is 9.69 Å². The number of rotatable bonds is 4. The summed E-state index contributed by atoms with van der Waals surface area (Å²) in [5.41, 5.74) is 3.14. The summed E-state index contributed by atoms with van der Waals surface area (Å²) < 4.78 is 5.31.